The monoisotopic (exact) mass is 442 g/mol. The largest absolute Gasteiger partial charge is 0.308 e. The number of aryl methyl sites for hydroxylation is 1. The van der Waals surface area contributed by atoms with E-state index in [1.807, 2.05) is 72.8 Å². The van der Waals surface area contributed by atoms with Crippen molar-refractivity contribution in [1.29, 1.82) is 0 Å². The van der Waals surface area contributed by atoms with Crippen LogP contribution in [0.5, 0.6) is 0 Å². The molecule has 0 bridgehead atoms. The molecule has 0 saturated heterocycles. The zero-order valence-electron chi connectivity index (χ0n) is 17.4. The van der Waals surface area contributed by atoms with Gasteiger partial charge in [0.05, 0.1) is 11.4 Å². The maximum atomic E-state index is 13.0. The molecule has 32 heavy (non-hydrogen) atoms. The average molecular weight is 443 g/mol. The summed E-state index contributed by atoms with van der Waals surface area (Å²) >= 11 is 0. The summed E-state index contributed by atoms with van der Waals surface area (Å²) in [6, 6.07) is 28.0. The molecule has 0 spiro atoms. The molecular weight excluding hydrogens is 420 g/mol. The number of amides is 1. The number of hydrogen-bond donors (Lipinski definition) is 1. The lowest BCUT2D eigenvalue weighted by Crippen LogP contribution is -2.34. The quantitative estimate of drug-likeness (QED) is 0.467. The van der Waals surface area contributed by atoms with Gasteiger partial charge < -0.3 is 4.90 Å². The molecular formula is C26H22N2O3S. The Morgan fingerprint density at radius 3 is 2.34 bits per heavy atom. The van der Waals surface area contributed by atoms with Crippen molar-refractivity contribution in [2.75, 3.05) is 9.62 Å². The molecule has 4 aromatic carbocycles. The Labute approximate surface area is 187 Å². The van der Waals surface area contributed by atoms with Crippen LogP contribution >= 0.6 is 0 Å². The topological polar surface area (TPSA) is 66.5 Å². The second kappa shape index (κ2) is 8.13. The molecule has 0 atom stereocenters. The highest BCUT2D eigenvalue weighted by atomic mass is 32.2. The van der Waals surface area contributed by atoms with Crippen LogP contribution in [0, 0.1) is 0 Å². The van der Waals surface area contributed by atoms with Crippen LogP contribution in [0.15, 0.2) is 95.9 Å². The van der Waals surface area contributed by atoms with Crippen LogP contribution in [0.2, 0.25) is 0 Å². The van der Waals surface area contributed by atoms with Gasteiger partial charge in [0, 0.05) is 17.8 Å². The number of rotatable bonds is 5. The predicted octanol–water partition coefficient (Wildman–Crippen LogP) is 5.12. The van der Waals surface area contributed by atoms with Crippen LogP contribution in [-0.4, -0.2) is 14.3 Å². The van der Waals surface area contributed by atoms with Crippen LogP contribution in [0.1, 0.15) is 17.5 Å². The first kappa shape index (κ1) is 20.3. The summed E-state index contributed by atoms with van der Waals surface area (Å²) in [7, 11) is -3.73. The van der Waals surface area contributed by atoms with E-state index in [0.717, 1.165) is 27.6 Å². The van der Waals surface area contributed by atoms with Crippen LogP contribution in [0.3, 0.4) is 0 Å². The number of nitrogens with one attached hydrogen (secondary N) is 1. The van der Waals surface area contributed by atoms with Crippen molar-refractivity contribution >= 4 is 38.1 Å². The minimum atomic E-state index is -3.73. The summed E-state index contributed by atoms with van der Waals surface area (Å²) in [5.41, 5.74) is 3.33. The van der Waals surface area contributed by atoms with Crippen LogP contribution < -0.4 is 9.62 Å². The summed E-state index contributed by atoms with van der Waals surface area (Å²) in [6.07, 6.45) is 0.992. The van der Waals surface area contributed by atoms with E-state index >= 15 is 0 Å². The number of carbonyl (C=O) groups excluding carboxylic acids is 1. The van der Waals surface area contributed by atoms with E-state index in [9.17, 15) is 13.2 Å². The predicted molar refractivity (Wildman–Crippen MR) is 127 cm³/mol. The van der Waals surface area contributed by atoms with E-state index in [2.05, 4.69) is 4.72 Å². The van der Waals surface area contributed by atoms with Crippen LogP contribution in [0.4, 0.5) is 11.4 Å². The summed E-state index contributed by atoms with van der Waals surface area (Å²) < 4.78 is 28.7. The van der Waals surface area contributed by atoms with Crippen molar-refractivity contribution in [2.24, 2.45) is 0 Å². The lowest BCUT2D eigenvalue weighted by atomic mass is 10.00. The Hall–Kier alpha value is -3.64. The van der Waals surface area contributed by atoms with Crippen molar-refractivity contribution < 1.29 is 13.2 Å². The molecule has 5 nitrogen and oxygen atoms in total. The van der Waals surface area contributed by atoms with Gasteiger partial charge in [-0.1, -0.05) is 60.7 Å². The summed E-state index contributed by atoms with van der Waals surface area (Å²) in [5, 5.41) is 1.86. The average Bonchev–Trinajstić information content (AvgIpc) is 2.81. The first-order chi connectivity index (χ1) is 15.5. The second-order valence-corrected chi connectivity index (χ2v) is 9.61. The first-order valence-electron chi connectivity index (χ1n) is 10.5. The molecule has 6 heteroatoms. The van der Waals surface area contributed by atoms with Gasteiger partial charge in [-0.25, -0.2) is 8.42 Å². The number of nitrogens with zero attached hydrogens (tertiary/aromatic N) is 1. The Morgan fingerprint density at radius 2 is 1.53 bits per heavy atom. The van der Waals surface area contributed by atoms with Gasteiger partial charge >= 0.3 is 0 Å². The van der Waals surface area contributed by atoms with Crippen LogP contribution in [0.25, 0.3) is 10.8 Å². The minimum absolute atomic E-state index is 0.0749. The smallest absolute Gasteiger partial charge is 0.261 e. The van der Waals surface area contributed by atoms with Gasteiger partial charge in [-0.3, -0.25) is 9.52 Å². The van der Waals surface area contributed by atoms with E-state index < -0.39 is 10.0 Å². The molecule has 0 aromatic heterocycles. The van der Waals surface area contributed by atoms with E-state index in [4.69, 9.17) is 0 Å². The Balaban J connectivity index is 1.42. The van der Waals surface area contributed by atoms with Gasteiger partial charge in [-0.2, -0.15) is 0 Å². The third-order valence-corrected chi connectivity index (χ3v) is 7.13. The van der Waals surface area contributed by atoms with E-state index in [0.29, 0.717) is 25.1 Å². The molecule has 5 rings (SSSR count). The summed E-state index contributed by atoms with van der Waals surface area (Å²) in [6.45, 7) is 0.495. The fourth-order valence-corrected chi connectivity index (χ4v) is 5.20. The Bertz CT molecular complexity index is 1420. The lowest BCUT2D eigenvalue weighted by Gasteiger charge is -2.30. The highest BCUT2D eigenvalue weighted by Gasteiger charge is 2.25. The highest BCUT2D eigenvalue weighted by Crippen LogP contribution is 2.32. The van der Waals surface area contributed by atoms with Crippen LogP contribution in [-0.2, 0) is 27.8 Å². The second-order valence-electron chi connectivity index (χ2n) is 7.92. The van der Waals surface area contributed by atoms with Gasteiger partial charge in [0.1, 0.15) is 0 Å². The molecule has 1 aliphatic rings. The number of sulfonamides is 1. The summed E-state index contributed by atoms with van der Waals surface area (Å²) in [4.78, 5) is 14.6. The third-order valence-electron chi connectivity index (χ3n) is 5.75. The first-order valence-corrected chi connectivity index (χ1v) is 12.0. The molecule has 0 radical (unpaired) electrons. The molecule has 1 aliphatic heterocycles. The SMILES string of the molecule is O=C1CCc2cc(NS(=O)(=O)c3ccc4ccccc4c3)ccc2N1Cc1ccccc1. The van der Waals surface area contributed by atoms with Crippen molar-refractivity contribution in [3.63, 3.8) is 0 Å². The maximum absolute atomic E-state index is 13.0. The zero-order valence-corrected chi connectivity index (χ0v) is 18.2. The van der Waals surface area contributed by atoms with Gasteiger partial charge in [-0.15, -0.1) is 0 Å². The van der Waals surface area contributed by atoms with Crippen molar-refractivity contribution in [3.05, 3.63) is 102 Å². The van der Waals surface area contributed by atoms with E-state index in [1.165, 1.54) is 0 Å². The lowest BCUT2D eigenvalue weighted by molar-refractivity contribution is -0.119. The molecule has 0 unspecified atom stereocenters. The summed E-state index contributed by atoms with van der Waals surface area (Å²) in [5.74, 6) is 0.0749. The number of benzene rings is 4. The molecule has 160 valence electrons. The fourth-order valence-electron chi connectivity index (χ4n) is 4.11. The number of anilines is 2. The minimum Gasteiger partial charge on any atom is -0.308 e. The van der Waals surface area contributed by atoms with Gasteiger partial charge in [0.15, 0.2) is 0 Å². The van der Waals surface area contributed by atoms with Crippen molar-refractivity contribution in [1.82, 2.24) is 0 Å². The molecule has 1 heterocycles. The fraction of sp³-hybridized carbons (Fsp3) is 0.115. The zero-order chi connectivity index (χ0) is 22.1. The van der Waals surface area contributed by atoms with Gasteiger partial charge in [0.2, 0.25) is 5.91 Å². The molecule has 4 aromatic rings. The molecule has 0 saturated carbocycles. The normalized spacial score (nSPS) is 13.8. The molecule has 0 aliphatic carbocycles. The highest BCUT2D eigenvalue weighted by molar-refractivity contribution is 7.92. The molecule has 0 fully saturated rings. The van der Waals surface area contributed by atoms with Crippen molar-refractivity contribution in [2.45, 2.75) is 24.3 Å². The Morgan fingerprint density at radius 1 is 0.781 bits per heavy atom. The van der Waals surface area contributed by atoms with Gasteiger partial charge in [-0.05, 0) is 58.7 Å². The number of hydrogen-bond acceptors (Lipinski definition) is 3. The van der Waals surface area contributed by atoms with E-state index in [-0.39, 0.29) is 10.8 Å². The maximum Gasteiger partial charge on any atom is 0.261 e. The van der Waals surface area contributed by atoms with Crippen molar-refractivity contribution in [3.8, 4) is 0 Å². The third kappa shape index (κ3) is 3.97. The number of carbonyl (C=O) groups is 1. The Kier molecular flexibility index (Phi) is 5.15. The molecule has 1 N–H and O–H groups in total. The molecule has 1 amide bonds. The number of fused-ring (bicyclic) bond motifs is 2. The van der Waals surface area contributed by atoms with E-state index in [1.54, 1.807) is 23.1 Å². The van der Waals surface area contributed by atoms with Gasteiger partial charge in [0.25, 0.3) is 10.0 Å². The standard InChI is InChI=1S/C26H22N2O3S/c29-26-15-11-22-16-23(12-14-25(22)28(26)18-19-6-2-1-3-7-19)27-32(30,31)24-13-10-20-8-4-5-9-21(20)17-24/h1-10,12-14,16-17,27H,11,15,18H2.